The number of aryl methyl sites for hydroxylation is 1. The van der Waals surface area contributed by atoms with E-state index in [1.165, 1.54) is 22.4 Å². The molecular weight excluding hydrogens is 459 g/mol. The first-order chi connectivity index (χ1) is 17.1. The molecule has 0 saturated heterocycles. The Morgan fingerprint density at radius 3 is 2.49 bits per heavy atom. The molecule has 0 bridgehead atoms. The molecule has 0 N–H and O–H groups in total. The van der Waals surface area contributed by atoms with Crippen molar-refractivity contribution in [3.8, 4) is 22.1 Å². The highest BCUT2D eigenvalue weighted by atomic mass is 32.1. The second kappa shape index (κ2) is 10.1. The fourth-order valence-corrected chi connectivity index (χ4v) is 4.69. The van der Waals surface area contributed by atoms with Crippen molar-refractivity contribution in [3.05, 3.63) is 107 Å². The topological polar surface area (TPSA) is 43.7 Å². The number of rotatable bonds is 7. The molecule has 0 aliphatic carbocycles. The van der Waals surface area contributed by atoms with Crippen LogP contribution in [0.1, 0.15) is 16.7 Å². The molecule has 5 rings (SSSR count). The average Bonchev–Trinajstić information content (AvgIpc) is 3.31. The minimum absolute atomic E-state index is 0.267. The van der Waals surface area contributed by atoms with Crippen molar-refractivity contribution in [2.75, 3.05) is 7.11 Å². The second-order valence-electron chi connectivity index (χ2n) is 8.12. The van der Waals surface area contributed by atoms with Crippen molar-refractivity contribution < 1.29 is 13.9 Å². The number of ether oxygens (including phenoxy) is 2. The number of thiazole rings is 1. The molecule has 35 heavy (non-hydrogen) atoms. The van der Waals surface area contributed by atoms with Gasteiger partial charge >= 0.3 is 0 Å². The van der Waals surface area contributed by atoms with E-state index in [0.29, 0.717) is 18.1 Å². The number of hydrogen-bond acceptors (Lipinski definition) is 5. The van der Waals surface area contributed by atoms with Crippen molar-refractivity contribution in [1.29, 1.82) is 0 Å². The van der Waals surface area contributed by atoms with Crippen LogP contribution in [0.3, 0.4) is 0 Å². The van der Waals surface area contributed by atoms with Crippen LogP contribution in [0.5, 0.6) is 11.5 Å². The Morgan fingerprint density at radius 2 is 1.71 bits per heavy atom. The molecule has 4 nitrogen and oxygen atoms in total. The summed E-state index contributed by atoms with van der Waals surface area (Å²) in [7, 11) is 1.60. The lowest BCUT2D eigenvalue weighted by Gasteiger charge is -2.11. The monoisotopic (exact) mass is 482 g/mol. The van der Waals surface area contributed by atoms with Crippen LogP contribution in [-0.4, -0.2) is 18.3 Å². The van der Waals surface area contributed by atoms with Crippen LogP contribution in [0.25, 0.3) is 20.8 Å². The summed E-state index contributed by atoms with van der Waals surface area (Å²) in [5, 5.41) is 1.00. The second-order valence-corrected chi connectivity index (χ2v) is 9.15. The van der Waals surface area contributed by atoms with Gasteiger partial charge in [-0.1, -0.05) is 18.2 Å². The molecule has 5 aromatic rings. The Kier molecular flexibility index (Phi) is 6.55. The Labute approximate surface area is 207 Å². The minimum atomic E-state index is -0.267. The molecule has 0 radical (unpaired) electrons. The van der Waals surface area contributed by atoms with Crippen molar-refractivity contribution >= 4 is 33.5 Å². The molecular formula is C29H23FN2O2S. The number of benzene rings is 4. The minimum Gasteiger partial charge on any atom is -0.493 e. The smallest absolute Gasteiger partial charge is 0.161 e. The van der Waals surface area contributed by atoms with E-state index in [9.17, 15) is 4.39 Å². The maximum Gasteiger partial charge on any atom is 0.161 e. The van der Waals surface area contributed by atoms with Crippen molar-refractivity contribution in [2.24, 2.45) is 4.99 Å². The molecule has 174 valence electrons. The van der Waals surface area contributed by atoms with E-state index in [4.69, 9.17) is 14.5 Å². The quantitative estimate of drug-likeness (QED) is 0.223. The van der Waals surface area contributed by atoms with Gasteiger partial charge < -0.3 is 9.47 Å². The Balaban J connectivity index is 1.27. The first kappa shape index (κ1) is 22.7. The molecule has 4 aromatic carbocycles. The van der Waals surface area contributed by atoms with Crippen molar-refractivity contribution in [2.45, 2.75) is 13.5 Å². The van der Waals surface area contributed by atoms with E-state index in [2.05, 4.69) is 30.1 Å². The lowest BCUT2D eigenvalue weighted by atomic mass is 10.2. The van der Waals surface area contributed by atoms with E-state index in [1.807, 2.05) is 42.5 Å². The van der Waals surface area contributed by atoms with Crippen LogP contribution in [0.4, 0.5) is 10.1 Å². The zero-order valence-corrected chi connectivity index (χ0v) is 20.2. The number of hydrogen-bond donors (Lipinski definition) is 0. The zero-order valence-electron chi connectivity index (χ0n) is 19.4. The Bertz CT molecular complexity index is 1490. The lowest BCUT2D eigenvalue weighted by molar-refractivity contribution is 0.284. The number of aromatic nitrogens is 1. The molecule has 0 fully saturated rings. The molecule has 0 saturated carbocycles. The van der Waals surface area contributed by atoms with Gasteiger partial charge in [0.15, 0.2) is 11.5 Å². The molecule has 0 aliphatic heterocycles. The normalized spacial score (nSPS) is 11.3. The molecule has 0 atom stereocenters. The summed E-state index contributed by atoms with van der Waals surface area (Å²) in [5.74, 6) is 0.957. The summed E-state index contributed by atoms with van der Waals surface area (Å²) in [4.78, 5) is 9.35. The maximum absolute atomic E-state index is 13.1. The summed E-state index contributed by atoms with van der Waals surface area (Å²) in [6, 6.07) is 26.3. The van der Waals surface area contributed by atoms with Crippen LogP contribution >= 0.6 is 11.3 Å². The van der Waals surface area contributed by atoms with Gasteiger partial charge in [0.1, 0.15) is 17.4 Å². The van der Waals surface area contributed by atoms with E-state index in [1.54, 1.807) is 36.8 Å². The number of nitrogens with zero attached hydrogens (tertiary/aromatic N) is 2. The highest BCUT2D eigenvalue weighted by molar-refractivity contribution is 7.21. The third kappa shape index (κ3) is 5.39. The van der Waals surface area contributed by atoms with Gasteiger partial charge in [0.05, 0.1) is 23.0 Å². The van der Waals surface area contributed by atoms with Crippen LogP contribution in [0.15, 0.2) is 89.9 Å². The molecule has 1 heterocycles. The van der Waals surface area contributed by atoms with Crippen molar-refractivity contribution in [3.63, 3.8) is 0 Å². The van der Waals surface area contributed by atoms with Gasteiger partial charge in [0, 0.05) is 11.8 Å². The van der Waals surface area contributed by atoms with E-state index in [-0.39, 0.29) is 5.82 Å². The molecule has 0 spiro atoms. The average molecular weight is 483 g/mol. The van der Waals surface area contributed by atoms with Crippen LogP contribution < -0.4 is 9.47 Å². The Hall–Kier alpha value is -4.03. The molecule has 1 aromatic heterocycles. The lowest BCUT2D eigenvalue weighted by Crippen LogP contribution is -1.98. The fourth-order valence-electron chi connectivity index (χ4n) is 3.62. The number of fused-ring (bicyclic) bond motifs is 1. The van der Waals surface area contributed by atoms with Gasteiger partial charge in [-0.2, -0.15) is 0 Å². The first-order valence-electron chi connectivity index (χ1n) is 11.1. The summed E-state index contributed by atoms with van der Waals surface area (Å²) in [6.07, 6.45) is 1.79. The van der Waals surface area contributed by atoms with Gasteiger partial charge in [0.25, 0.3) is 0 Å². The fraction of sp³-hybridized carbons (Fsp3) is 0.103. The first-order valence-corrected chi connectivity index (χ1v) is 12.0. The molecule has 6 heteroatoms. The molecule has 0 unspecified atom stereocenters. The third-order valence-electron chi connectivity index (χ3n) is 5.52. The summed E-state index contributed by atoms with van der Waals surface area (Å²) >= 11 is 1.70. The van der Waals surface area contributed by atoms with Gasteiger partial charge in [0.2, 0.25) is 0 Å². The Morgan fingerprint density at radius 1 is 0.914 bits per heavy atom. The van der Waals surface area contributed by atoms with Gasteiger partial charge in [-0.25, -0.2) is 9.37 Å². The maximum atomic E-state index is 13.1. The summed E-state index contributed by atoms with van der Waals surface area (Å²) < 4.78 is 25.6. The zero-order chi connectivity index (χ0) is 24.2. The van der Waals surface area contributed by atoms with Gasteiger partial charge in [-0.15, -0.1) is 11.3 Å². The number of methoxy groups -OCH3 is 1. The molecule has 0 aliphatic rings. The number of aliphatic imine (C=N–C) groups is 1. The van der Waals surface area contributed by atoms with Gasteiger partial charge in [-0.05, 0) is 90.3 Å². The SMILES string of the molecule is COc1cc(C=Nc2ccc(-c3nc4ccc(C)cc4s3)cc2)ccc1OCc1ccc(F)cc1. The highest BCUT2D eigenvalue weighted by Gasteiger charge is 2.08. The van der Waals surface area contributed by atoms with Crippen LogP contribution in [-0.2, 0) is 6.61 Å². The van der Waals surface area contributed by atoms with E-state index >= 15 is 0 Å². The van der Waals surface area contributed by atoms with Crippen LogP contribution in [0, 0.1) is 12.7 Å². The largest absolute Gasteiger partial charge is 0.493 e. The predicted molar refractivity (Wildman–Crippen MR) is 141 cm³/mol. The standard InChI is InChI=1S/C29H23FN2O2S/c1-19-3-13-25-28(15-19)35-29(32-25)22-7-11-24(12-8-22)31-17-21-6-14-26(27(16-21)33-2)34-18-20-4-9-23(30)10-5-20/h3-17H,18H2,1-2H3. The summed E-state index contributed by atoms with van der Waals surface area (Å²) in [5.41, 5.74) is 5.96. The third-order valence-corrected chi connectivity index (χ3v) is 6.58. The molecule has 0 amide bonds. The number of halogens is 1. The van der Waals surface area contributed by atoms with E-state index < -0.39 is 0 Å². The van der Waals surface area contributed by atoms with Crippen LogP contribution in [0.2, 0.25) is 0 Å². The van der Waals surface area contributed by atoms with Gasteiger partial charge in [-0.3, -0.25) is 4.99 Å². The summed E-state index contributed by atoms with van der Waals surface area (Å²) in [6.45, 7) is 2.42. The van der Waals surface area contributed by atoms with Crippen molar-refractivity contribution in [1.82, 2.24) is 4.98 Å². The predicted octanol–water partition coefficient (Wildman–Crippen LogP) is 7.75. The van der Waals surface area contributed by atoms with E-state index in [0.717, 1.165) is 32.9 Å². The highest BCUT2D eigenvalue weighted by Crippen LogP contribution is 2.32.